The Morgan fingerprint density at radius 1 is 1.03 bits per heavy atom. The first-order chi connectivity index (χ1) is 15.1. The summed E-state index contributed by atoms with van der Waals surface area (Å²) in [6.07, 6.45) is -2.87. The molecule has 1 aliphatic heterocycles. The van der Waals surface area contributed by atoms with E-state index in [1.165, 1.54) is 12.1 Å². The maximum Gasteiger partial charge on any atom is 0.573 e. The first kappa shape index (κ1) is 23.6. The largest absolute Gasteiger partial charge is 0.573 e. The van der Waals surface area contributed by atoms with Crippen molar-refractivity contribution in [2.24, 2.45) is 7.05 Å². The molecule has 0 radical (unpaired) electrons. The van der Waals surface area contributed by atoms with E-state index in [0.717, 1.165) is 44.0 Å². The molecule has 0 aliphatic carbocycles. The van der Waals surface area contributed by atoms with Crippen molar-refractivity contribution in [3.63, 3.8) is 0 Å². The van der Waals surface area contributed by atoms with Gasteiger partial charge in [0, 0.05) is 57.3 Å². The molecule has 8 nitrogen and oxygen atoms in total. The molecule has 1 aromatic heterocycles. The van der Waals surface area contributed by atoms with Crippen LogP contribution in [-0.4, -0.2) is 72.3 Å². The lowest BCUT2D eigenvalue weighted by Gasteiger charge is -2.38. The van der Waals surface area contributed by atoms with Gasteiger partial charge in [-0.25, -0.2) is 0 Å². The number of aryl methyl sites for hydroxylation is 1. The summed E-state index contributed by atoms with van der Waals surface area (Å²) in [6, 6.07) is 8.38. The Morgan fingerprint density at radius 3 is 2.25 bits per heavy atom. The number of anilines is 1. The van der Waals surface area contributed by atoms with E-state index in [4.69, 9.17) is 0 Å². The highest BCUT2D eigenvalue weighted by molar-refractivity contribution is 6.39. The van der Waals surface area contributed by atoms with Crippen LogP contribution in [-0.2, 0) is 16.6 Å². The molecule has 11 heteroatoms. The number of amides is 2. The third-order valence-electron chi connectivity index (χ3n) is 5.31. The highest BCUT2D eigenvalue weighted by Crippen LogP contribution is 2.24. The average molecular weight is 453 g/mol. The first-order valence-corrected chi connectivity index (χ1v) is 10.1. The topological polar surface area (TPSA) is 78.8 Å². The van der Waals surface area contributed by atoms with E-state index >= 15 is 0 Å². The van der Waals surface area contributed by atoms with Gasteiger partial charge in [-0.3, -0.25) is 14.5 Å². The average Bonchev–Trinajstić information content (AvgIpc) is 3.15. The van der Waals surface area contributed by atoms with Crippen LogP contribution in [0, 0.1) is 0 Å². The van der Waals surface area contributed by atoms with Gasteiger partial charge in [0.05, 0.1) is 6.04 Å². The molecule has 0 bridgehead atoms. The predicted octanol–water partition coefficient (Wildman–Crippen LogP) is 1.97. The molecule has 1 fully saturated rings. The summed E-state index contributed by atoms with van der Waals surface area (Å²) in [5.41, 5.74) is 1.20. The molecule has 1 saturated heterocycles. The normalized spacial score (nSPS) is 16.4. The monoisotopic (exact) mass is 453 g/mol. The van der Waals surface area contributed by atoms with Crippen LogP contribution in [0.1, 0.15) is 11.7 Å². The maximum absolute atomic E-state index is 12.4. The molecule has 32 heavy (non-hydrogen) atoms. The van der Waals surface area contributed by atoms with Gasteiger partial charge >= 0.3 is 18.2 Å². The molecule has 3 rings (SSSR count). The maximum atomic E-state index is 12.4. The smallest absolute Gasteiger partial charge is 0.406 e. The van der Waals surface area contributed by atoms with Crippen molar-refractivity contribution >= 4 is 17.5 Å². The van der Waals surface area contributed by atoms with Gasteiger partial charge in [0.2, 0.25) is 0 Å². The second-order valence-corrected chi connectivity index (χ2v) is 7.64. The number of carbonyl (C=O) groups is 2. The lowest BCUT2D eigenvalue weighted by molar-refractivity contribution is -0.274. The van der Waals surface area contributed by atoms with E-state index in [1.54, 1.807) is 0 Å². The van der Waals surface area contributed by atoms with Gasteiger partial charge < -0.3 is 24.8 Å². The SMILES string of the molecule is CN1CCN(C(CNC(=O)C(=O)Nc2ccc(OC(F)(F)F)cc2)c2cccn2C)CC1. The zero-order valence-corrected chi connectivity index (χ0v) is 17.9. The molecule has 1 aromatic carbocycles. The molecule has 2 heterocycles. The first-order valence-electron chi connectivity index (χ1n) is 10.1. The molecule has 2 amide bonds. The van der Waals surface area contributed by atoms with Gasteiger partial charge in [-0.15, -0.1) is 13.2 Å². The second-order valence-electron chi connectivity index (χ2n) is 7.64. The van der Waals surface area contributed by atoms with Gasteiger partial charge in [-0.05, 0) is 43.4 Å². The molecule has 2 aromatic rings. The van der Waals surface area contributed by atoms with Crippen molar-refractivity contribution in [1.82, 2.24) is 19.7 Å². The summed E-state index contributed by atoms with van der Waals surface area (Å²) in [5.74, 6) is -2.15. The van der Waals surface area contributed by atoms with E-state index in [-0.39, 0.29) is 18.3 Å². The van der Waals surface area contributed by atoms with Crippen molar-refractivity contribution in [3.8, 4) is 5.75 Å². The number of hydrogen-bond donors (Lipinski definition) is 2. The van der Waals surface area contributed by atoms with E-state index in [1.807, 2.05) is 29.9 Å². The Bertz CT molecular complexity index is 922. The van der Waals surface area contributed by atoms with Crippen LogP contribution in [0.5, 0.6) is 5.75 Å². The molecule has 174 valence electrons. The van der Waals surface area contributed by atoms with Crippen molar-refractivity contribution in [2.75, 3.05) is 45.1 Å². The van der Waals surface area contributed by atoms with Gasteiger partial charge in [0.1, 0.15) is 5.75 Å². The van der Waals surface area contributed by atoms with Gasteiger partial charge in [0.15, 0.2) is 0 Å². The van der Waals surface area contributed by atoms with Crippen LogP contribution < -0.4 is 15.4 Å². The number of likely N-dealkylation sites (N-methyl/N-ethyl adjacent to an activating group) is 1. The van der Waals surface area contributed by atoms with Crippen molar-refractivity contribution in [1.29, 1.82) is 0 Å². The second kappa shape index (κ2) is 10.0. The number of piperazine rings is 1. The third-order valence-corrected chi connectivity index (χ3v) is 5.31. The molecule has 1 atom stereocenters. The van der Waals surface area contributed by atoms with E-state index in [0.29, 0.717) is 0 Å². The number of halogens is 3. The number of rotatable bonds is 6. The minimum atomic E-state index is -4.80. The van der Waals surface area contributed by atoms with Crippen LogP contribution in [0.25, 0.3) is 0 Å². The number of nitrogens with one attached hydrogen (secondary N) is 2. The fraction of sp³-hybridized carbons (Fsp3) is 0.429. The number of nitrogens with zero attached hydrogens (tertiary/aromatic N) is 3. The van der Waals surface area contributed by atoms with Crippen LogP contribution >= 0.6 is 0 Å². The summed E-state index contributed by atoms with van der Waals surface area (Å²) in [6.45, 7) is 3.72. The molecule has 2 N–H and O–H groups in total. The molecule has 0 saturated carbocycles. The summed E-state index contributed by atoms with van der Waals surface area (Å²) >= 11 is 0. The number of benzene rings is 1. The summed E-state index contributed by atoms with van der Waals surface area (Å²) in [5, 5.41) is 5.05. The Kier molecular flexibility index (Phi) is 7.41. The highest BCUT2D eigenvalue weighted by atomic mass is 19.4. The van der Waals surface area contributed by atoms with Crippen LogP contribution in [0.15, 0.2) is 42.6 Å². The highest BCUT2D eigenvalue weighted by Gasteiger charge is 2.31. The summed E-state index contributed by atoms with van der Waals surface area (Å²) < 4.78 is 42.5. The predicted molar refractivity (Wildman–Crippen MR) is 112 cm³/mol. The summed E-state index contributed by atoms with van der Waals surface area (Å²) in [4.78, 5) is 29.1. The lowest BCUT2D eigenvalue weighted by atomic mass is 10.1. The molecular formula is C21H26F3N5O3. The van der Waals surface area contributed by atoms with Gasteiger partial charge in [0.25, 0.3) is 0 Å². The lowest BCUT2D eigenvalue weighted by Crippen LogP contribution is -2.49. The minimum absolute atomic E-state index is 0.0979. The van der Waals surface area contributed by atoms with Gasteiger partial charge in [-0.1, -0.05) is 0 Å². The third kappa shape index (κ3) is 6.47. The van der Waals surface area contributed by atoms with E-state index in [2.05, 4.69) is 32.2 Å². The van der Waals surface area contributed by atoms with Crippen molar-refractivity contribution < 1.29 is 27.5 Å². The Hall–Kier alpha value is -3.05. The van der Waals surface area contributed by atoms with Crippen molar-refractivity contribution in [2.45, 2.75) is 12.4 Å². The minimum Gasteiger partial charge on any atom is -0.406 e. The van der Waals surface area contributed by atoms with Crippen LogP contribution in [0.2, 0.25) is 0 Å². The van der Waals surface area contributed by atoms with Gasteiger partial charge in [-0.2, -0.15) is 0 Å². The zero-order chi connectivity index (χ0) is 23.3. The number of carbonyl (C=O) groups excluding carboxylic acids is 2. The van der Waals surface area contributed by atoms with Crippen LogP contribution in [0.4, 0.5) is 18.9 Å². The number of ether oxygens (including phenoxy) is 1. The fourth-order valence-electron chi connectivity index (χ4n) is 3.57. The Labute approximate surface area is 183 Å². The Balaban J connectivity index is 1.58. The summed E-state index contributed by atoms with van der Waals surface area (Å²) in [7, 11) is 3.99. The number of alkyl halides is 3. The van der Waals surface area contributed by atoms with E-state index in [9.17, 15) is 22.8 Å². The van der Waals surface area contributed by atoms with E-state index < -0.39 is 23.9 Å². The van der Waals surface area contributed by atoms with Crippen LogP contribution in [0.3, 0.4) is 0 Å². The molecule has 0 spiro atoms. The quantitative estimate of drug-likeness (QED) is 0.654. The Morgan fingerprint density at radius 2 is 1.69 bits per heavy atom. The van der Waals surface area contributed by atoms with Crippen molar-refractivity contribution in [3.05, 3.63) is 48.3 Å². The molecule has 1 unspecified atom stereocenters. The number of hydrogen-bond acceptors (Lipinski definition) is 5. The number of aromatic nitrogens is 1. The fourth-order valence-corrected chi connectivity index (χ4v) is 3.57. The molecule has 1 aliphatic rings. The molecular weight excluding hydrogens is 427 g/mol. The standard InChI is InChI=1S/C21H26F3N5O3/c1-27-10-12-29(13-11-27)18(17-4-3-9-28(17)2)14-25-19(30)20(31)26-15-5-7-16(8-6-15)32-21(22,23)24/h3-9,18H,10-14H2,1-2H3,(H,25,30)(H,26,31). The zero-order valence-electron chi connectivity index (χ0n) is 17.9.